The van der Waals surface area contributed by atoms with Gasteiger partial charge in [-0.2, -0.15) is 0 Å². The number of hydrogen-bond donors (Lipinski definition) is 1. The van der Waals surface area contributed by atoms with Crippen LogP contribution in [0, 0.1) is 0 Å². The predicted octanol–water partition coefficient (Wildman–Crippen LogP) is 3.63. The Kier molecular flexibility index (Phi) is 3.84. The number of benzene rings is 2. The van der Waals surface area contributed by atoms with Crippen LogP contribution < -0.4 is 15.2 Å². The monoisotopic (exact) mass is 283 g/mol. The first-order valence-electron chi connectivity index (χ1n) is 7.41. The van der Waals surface area contributed by atoms with E-state index in [0.29, 0.717) is 19.1 Å². The first-order valence-corrected chi connectivity index (χ1v) is 7.41. The van der Waals surface area contributed by atoms with E-state index < -0.39 is 0 Å². The molecule has 0 saturated heterocycles. The SMILES string of the molecule is CC(C)c1ccc(C(N)c2cccc3c2OCCO3)cc1. The van der Waals surface area contributed by atoms with Crippen LogP contribution in [-0.2, 0) is 0 Å². The second-order valence-corrected chi connectivity index (χ2v) is 5.67. The van der Waals surface area contributed by atoms with Gasteiger partial charge in [-0.15, -0.1) is 0 Å². The minimum absolute atomic E-state index is 0.206. The molecular weight excluding hydrogens is 262 g/mol. The quantitative estimate of drug-likeness (QED) is 0.935. The van der Waals surface area contributed by atoms with Gasteiger partial charge in [0.05, 0.1) is 6.04 Å². The Hall–Kier alpha value is -2.00. The fourth-order valence-corrected chi connectivity index (χ4v) is 2.61. The Morgan fingerprint density at radius 2 is 1.57 bits per heavy atom. The summed E-state index contributed by atoms with van der Waals surface area (Å²) in [4.78, 5) is 0. The molecule has 0 bridgehead atoms. The number of hydrogen-bond acceptors (Lipinski definition) is 3. The summed E-state index contributed by atoms with van der Waals surface area (Å²) in [5.74, 6) is 2.09. The van der Waals surface area contributed by atoms with E-state index in [4.69, 9.17) is 15.2 Å². The highest BCUT2D eigenvalue weighted by atomic mass is 16.6. The van der Waals surface area contributed by atoms with Gasteiger partial charge in [-0.1, -0.05) is 50.2 Å². The highest BCUT2D eigenvalue weighted by Crippen LogP contribution is 2.38. The normalized spacial score (nSPS) is 15.0. The third-order valence-electron chi connectivity index (χ3n) is 3.89. The van der Waals surface area contributed by atoms with Crippen LogP contribution in [0.5, 0.6) is 11.5 Å². The number of rotatable bonds is 3. The molecule has 110 valence electrons. The number of fused-ring (bicyclic) bond motifs is 1. The Labute approximate surface area is 125 Å². The maximum atomic E-state index is 6.43. The van der Waals surface area contributed by atoms with Gasteiger partial charge in [0.2, 0.25) is 0 Å². The summed E-state index contributed by atoms with van der Waals surface area (Å²) in [6.45, 7) is 5.54. The number of para-hydroxylation sites is 1. The molecule has 0 saturated carbocycles. The van der Waals surface area contributed by atoms with Gasteiger partial charge in [0, 0.05) is 5.56 Å². The average Bonchev–Trinajstić information content (AvgIpc) is 2.53. The lowest BCUT2D eigenvalue weighted by Gasteiger charge is -2.23. The van der Waals surface area contributed by atoms with E-state index in [-0.39, 0.29) is 6.04 Å². The molecule has 1 heterocycles. The van der Waals surface area contributed by atoms with Crippen LogP contribution in [0.2, 0.25) is 0 Å². The summed E-state index contributed by atoms with van der Waals surface area (Å²) in [6.07, 6.45) is 0. The maximum Gasteiger partial charge on any atom is 0.166 e. The minimum Gasteiger partial charge on any atom is -0.486 e. The van der Waals surface area contributed by atoms with E-state index >= 15 is 0 Å². The van der Waals surface area contributed by atoms with Crippen molar-refractivity contribution in [2.24, 2.45) is 5.73 Å². The fourth-order valence-electron chi connectivity index (χ4n) is 2.61. The summed E-state index contributed by atoms with van der Waals surface area (Å²) >= 11 is 0. The topological polar surface area (TPSA) is 44.5 Å². The lowest BCUT2D eigenvalue weighted by atomic mass is 9.95. The Morgan fingerprint density at radius 1 is 0.905 bits per heavy atom. The van der Waals surface area contributed by atoms with Crippen LogP contribution in [0.15, 0.2) is 42.5 Å². The molecule has 1 aliphatic heterocycles. The number of ether oxygens (including phenoxy) is 2. The first-order chi connectivity index (χ1) is 10.2. The smallest absolute Gasteiger partial charge is 0.166 e. The third kappa shape index (κ3) is 2.74. The standard InChI is InChI=1S/C18H21NO2/c1-12(2)13-6-8-14(9-7-13)17(19)15-4-3-5-16-18(15)21-11-10-20-16/h3-9,12,17H,10-11,19H2,1-2H3. The van der Waals surface area contributed by atoms with Gasteiger partial charge in [-0.25, -0.2) is 0 Å². The Balaban J connectivity index is 1.93. The lowest BCUT2D eigenvalue weighted by molar-refractivity contribution is 0.169. The van der Waals surface area contributed by atoms with Crippen molar-refractivity contribution in [1.29, 1.82) is 0 Å². The molecule has 0 spiro atoms. The lowest BCUT2D eigenvalue weighted by Crippen LogP contribution is -2.20. The maximum absolute atomic E-state index is 6.43. The van der Waals surface area contributed by atoms with E-state index in [2.05, 4.69) is 38.1 Å². The Morgan fingerprint density at radius 3 is 2.29 bits per heavy atom. The summed E-state index contributed by atoms with van der Waals surface area (Å²) in [5, 5.41) is 0. The van der Waals surface area contributed by atoms with Crippen molar-refractivity contribution in [2.75, 3.05) is 13.2 Å². The van der Waals surface area contributed by atoms with Crippen LogP contribution in [0.25, 0.3) is 0 Å². The molecule has 21 heavy (non-hydrogen) atoms. The molecule has 0 aromatic heterocycles. The molecule has 1 unspecified atom stereocenters. The van der Waals surface area contributed by atoms with E-state index in [0.717, 1.165) is 22.6 Å². The van der Waals surface area contributed by atoms with Crippen LogP contribution >= 0.6 is 0 Å². The largest absolute Gasteiger partial charge is 0.486 e. The zero-order chi connectivity index (χ0) is 14.8. The molecule has 3 heteroatoms. The van der Waals surface area contributed by atoms with Crippen LogP contribution in [0.1, 0.15) is 42.5 Å². The van der Waals surface area contributed by atoms with Gasteiger partial charge in [0.1, 0.15) is 13.2 Å². The first kappa shape index (κ1) is 14.0. The van der Waals surface area contributed by atoms with Crippen molar-refractivity contribution in [1.82, 2.24) is 0 Å². The van der Waals surface area contributed by atoms with Crippen molar-refractivity contribution in [3.8, 4) is 11.5 Å². The van der Waals surface area contributed by atoms with Gasteiger partial charge in [-0.3, -0.25) is 0 Å². The van der Waals surface area contributed by atoms with Crippen LogP contribution in [0.3, 0.4) is 0 Å². The molecule has 0 amide bonds. The summed E-state index contributed by atoms with van der Waals surface area (Å²) in [6, 6.07) is 14.2. The zero-order valence-corrected chi connectivity index (χ0v) is 12.5. The van der Waals surface area contributed by atoms with Crippen molar-refractivity contribution in [3.05, 3.63) is 59.2 Å². The second-order valence-electron chi connectivity index (χ2n) is 5.67. The highest BCUT2D eigenvalue weighted by Gasteiger charge is 2.20. The van der Waals surface area contributed by atoms with Gasteiger partial charge in [0.15, 0.2) is 11.5 Å². The predicted molar refractivity (Wildman–Crippen MR) is 84.0 cm³/mol. The van der Waals surface area contributed by atoms with Crippen molar-refractivity contribution >= 4 is 0 Å². The number of nitrogens with two attached hydrogens (primary N) is 1. The van der Waals surface area contributed by atoms with E-state index in [1.807, 2.05) is 18.2 Å². The van der Waals surface area contributed by atoms with Gasteiger partial charge in [0.25, 0.3) is 0 Å². The minimum atomic E-state index is -0.206. The van der Waals surface area contributed by atoms with Crippen LogP contribution in [-0.4, -0.2) is 13.2 Å². The summed E-state index contributed by atoms with van der Waals surface area (Å²) in [7, 11) is 0. The molecule has 3 rings (SSSR count). The molecular formula is C18H21NO2. The zero-order valence-electron chi connectivity index (χ0n) is 12.5. The summed E-state index contributed by atoms with van der Waals surface area (Å²) in [5.41, 5.74) is 9.81. The third-order valence-corrected chi connectivity index (χ3v) is 3.89. The van der Waals surface area contributed by atoms with E-state index in [1.165, 1.54) is 5.56 Å². The molecule has 1 aliphatic rings. The summed E-state index contributed by atoms with van der Waals surface area (Å²) < 4.78 is 11.4. The van der Waals surface area contributed by atoms with Crippen molar-refractivity contribution < 1.29 is 9.47 Å². The van der Waals surface area contributed by atoms with Gasteiger partial charge < -0.3 is 15.2 Å². The van der Waals surface area contributed by atoms with Crippen molar-refractivity contribution in [2.45, 2.75) is 25.8 Å². The van der Waals surface area contributed by atoms with Crippen molar-refractivity contribution in [3.63, 3.8) is 0 Å². The molecule has 2 aromatic rings. The molecule has 2 aromatic carbocycles. The van der Waals surface area contributed by atoms with Crippen LogP contribution in [0.4, 0.5) is 0 Å². The molecule has 0 aliphatic carbocycles. The average molecular weight is 283 g/mol. The highest BCUT2D eigenvalue weighted by molar-refractivity contribution is 5.51. The fraction of sp³-hybridized carbons (Fsp3) is 0.333. The molecule has 1 atom stereocenters. The Bertz CT molecular complexity index is 620. The molecule has 0 radical (unpaired) electrons. The van der Waals surface area contributed by atoms with Gasteiger partial charge in [-0.05, 0) is 23.1 Å². The second kappa shape index (κ2) is 5.78. The van der Waals surface area contributed by atoms with E-state index in [1.54, 1.807) is 0 Å². The molecule has 3 nitrogen and oxygen atoms in total. The van der Waals surface area contributed by atoms with Gasteiger partial charge >= 0.3 is 0 Å². The van der Waals surface area contributed by atoms with E-state index in [9.17, 15) is 0 Å². The molecule has 0 fully saturated rings. The molecule has 2 N–H and O–H groups in total.